The highest BCUT2D eigenvalue weighted by atomic mass is 35.5. The standard InChI is InChI=1S/C9H15Cl6O4P/c1-7(10,11)4-17-20(16,18-5-8(2,12)13)19-6-9(3,14)15/h4-6H2,1-3H3. The lowest BCUT2D eigenvalue weighted by Gasteiger charge is -2.24. The Hall–Kier alpha value is 1.85. The number of phosphoric acid groups is 1. The zero-order valence-electron chi connectivity index (χ0n) is 11.0. The minimum Gasteiger partial charge on any atom is -0.284 e. The van der Waals surface area contributed by atoms with Crippen LogP contribution in [0.2, 0.25) is 0 Å². The average molecular weight is 431 g/mol. The molecule has 0 aromatic heterocycles. The van der Waals surface area contributed by atoms with Crippen LogP contribution in [-0.4, -0.2) is 32.8 Å². The summed E-state index contributed by atoms with van der Waals surface area (Å²) in [5.74, 6) is 0. The first kappa shape index (κ1) is 21.9. The molecule has 0 aliphatic carbocycles. The highest BCUT2D eigenvalue weighted by Gasteiger charge is 2.35. The molecule has 0 amide bonds. The highest BCUT2D eigenvalue weighted by Crippen LogP contribution is 2.52. The van der Waals surface area contributed by atoms with E-state index in [0.717, 1.165) is 0 Å². The number of hydrogen-bond acceptors (Lipinski definition) is 4. The maximum Gasteiger partial charge on any atom is 0.475 e. The molecule has 0 bridgehead atoms. The van der Waals surface area contributed by atoms with E-state index in [9.17, 15) is 4.57 Å². The zero-order chi connectivity index (χ0) is 16.2. The van der Waals surface area contributed by atoms with Crippen LogP contribution in [0.5, 0.6) is 0 Å². The number of phosphoric ester groups is 1. The largest absolute Gasteiger partial charge is 0.475 e. The van der Waals surface area contributed by atoms with E-state index in [0.29, 0.717) is 0 Å². The third kappa shape index (κ3) is 13.5. The van der Waals surface area contributed by atoms with Gasteiger partial charge in [0.05, 0.1) is 19.8 Å². The summed E-state index contributed by atoms with van der Waals surface area (Å²) in [7, 11) is -4.02. The molecule has 0 aliphatic heterocycles. The fraction of sp³-hybridized carbons (Fsp3) is 1.00. The van der Waals surface area contributed by atoms with E-state index >= 15 is 0 Å². The molecule has 0 aliphatic rings. The molecule has 0 heterocycles. The van der Waals surface area contributed by atoms with E-state index in [1.54, 1.807) is 0 Å². The summed E-state index contributed by atoms with van der Waals surface area (Å²) in [5, 5.41) is 0. The maximum absolute atomic E-state index is 12.3. The Labute approximate surface area is 148 Å². The molecule has 0 unspecified atom stereocenters. The van der Waals surface area contributed by atoms with Gasteiger partial charge in [0.1, 0.15) is 13.0 Å². The second-order valence-electron chi connectivity index (χ2n) is 4.48. The highest BCUT2D eigenvalue weighted by molar-refractivity contribution is 7.48. The fourth-order valence-corrected chi connectivity index (χ4v) is 2.95. The first-order valence-corrected chi connectivity index (χ1v) is 9.02. The van der Waals surface area contributed by atoms with Gasteiger partial charge in [0.15, 0.2) is 0 Å². The molecule has 0 atom stereocenters. The van der Waals surface area contributed by atoms with E-state index < -0.39 is 20.8 Å². The van der Waals surface area contributed by atoms with Crippen LogP contribution in [-0.2, 0) is 18.1 Å². The molecular formula is C9H15Cl6O4P. The van der Waals surface area contributed by atoms with Crippen LogP contribution in [0, 0.1) is 0 Å². The van der Waals surface area contributed by atoms with Crippen molar-refractivity contribution in [3.63, 3.8) is 0 Å². The molecule has 0 rings (SSSR count). The van der Waals surface area contributed by atoms with Gasteiger partial charge in [-0.15, -0.1) is 0 Å². The van der Waals surface area contributed by atoms with Crippen LogP contribution in [0.15, 0.2) is 0 Å². The van der Waals surface area contributed by atoms with E-state index in [4.69, 9.17) is 83.2 Å². The number of hydrogen-bond donors (Lipinski definition) is 0. The summed E-state index contributed by atoms with van der Waals surface area (Å²) in [6, 6.07) is 0. The number of halogens is 6. The Kier molecular flexibility index (Phi) is 8.85. The summed E-state index contributed by atoms with van der Waals surface area (Å²) in [5.41, 5.74) is 0. The summed E-state index contributed by atoms with van der Waals surface area (Å²) in [4.78, 5) is 0. The van der Waals surface area contributed by atoms with Gasteiger partial charge in [-0.25, -0.2) is 4.57 Å². The van der Waals surface area contributed by atoms with Crippen LogP contribution >= 0.6 is 77.4 Å². The van der Waals surface area contributed by atoms with Crippen molar-refractivity contribution in [2.75, 3.05) is 19.8 Å². The Morgan fingerprint density at radius 1 is 0.700 bits per heavy atom. The average Bonchev–Trinajstić information content (AvgIpc) is 2.18. The van der Waals surface area contributed by atoms with Gasteiger partial charge in [0.2, 0.25) is 0 Å². The van der Waals surface area contributed by atoms with Crippen molar-refractivity contribution in [2.45, 2.75) is 33.8 Å². The van der Waals surface area contributed by atoms with Gasteiger partial charge >= 0.3 is 7.82 Å². The smallest absolute Gasteiger partial charge is 0.284 e. The second kappa shape index (κ2) is 8.10. The van der Waals surface area contributed by atoms with Gasteiger partial charge in [-0.3, -0.25) is 13.6 Å². The van der Waals surface area contributed by atoms with Crippen molar-refractivity contribution in [3.8, 4) is 0 Å². The van der Waals surface area contributed by atoms with Crippen molar-refractivity contribution < 1.29 is 18.1 Å². The van der Waals surface area contributed by atoms with Gasteiger partial charge in [-0.1, -0.05) is 69.6 Å². The van der Waals surface area contributed by atoms with Gasteiger partial charge in [0.25, 0.3) is 0 Å². The minimum atomic E-state index is -4.02. The molecule has 20 heavy (non-hydrogen) atoms. The van der Waals surface area contributed by atoms with E-state index in [-0.39, 0.29) is 19.8 Å². The second-order valence-corrected chi connectivity index (χ2v) is 11.7. The summed E-state index contributed by atoms with van der Waals surface area (Å²) in [6.07, 6.45) is 0. The molecule has 0 N–H and O–H groups in total. The number of rotatable bonds is 9. The zero-order valence-corrected chi connectivity index (χ0v) is 16.4. The van der Waals surface area contributed by atoms with Crippen LogP contribution in [0.3, 0.4) is 0 Å². The van der Waals surface area contributed by atoms with Crippen molar-refractivity contribution >= 4 is 77.4 Å². The molecule has 0 aromatic rings. The lowest BCUT2D eigenvalue weighted by molar-refractivity contribution is 0.108. The lowest BCUT2D eigenvalue weighted by Crippen LogP contribution is -2.22. The third-order valence-electron chi connectivity index (χ3n) is 1.43. The van der Waals surface area contributed by atoms with Gasteiger partial charge in [-0.05, 0) is 20.8 Å². The first-order chi connectivity index (χ1) is 8.62. The predicted octanol–water partition coefficient (Wildman–Crippen LogP) is 5.73. The molecule has 0 saturated heterocycles. The van der Waals surface area contributed by atoms with Gasteiger partial charge < -0.3 is 0 Å². The molecular weight excluding hydrogens is 416 g/mol. The Morgan fingerprint density at radius 2 is 0.900 bits per heavy atom. The monoisotopic (exact) mass is 428 g/mol. The lowest BCUT2D eigenvalue weighted by atomic mass is 10.5. The molecule has 0 radical (unpaired) electrons. The minimum absolute atomic E-state index is 0.310. The van der Waals surface area contributed by atoms with Crippen LogP contribution < -0.4 is 0 Å². The van der Waals surface area contributed by atoms with E-state index in [1.165, 1.54) is 20.8 Å². The van der Waals surface area contributed by atoms with Gasteiger partial charge in [-0.2, -0.15) is 0 Å². The molecule has 0 spiro atoms. The van der Waals surface area contributed by atoms with Gasteiger partial charge in [0, 0.05) is 0 Å². The Balaban J connectivity index is 4.71. The molecule has 4 nitrogen and oxygen atoms in total. The number of alkyl halides is 6. The molecule has 11 heteroatoms. The Bertz CT molecular complexity index is 294. The molecule has 0 fully saturated rings. The summed E-state index contributed by atoms with van der Waals surface area (Å²) >= 11 is 34.3. The SMILES string of the molecule is CC(Cl)(Cl)COP(=O)(OCC(C)(Cl)Cl)OCC(C)(Cl)Cl. The van der Waals surface area contributed by atoms with Crippen LogP contribution in [0.4, 0.5) is 0 Å². The molecule has 0 aromatic carbocycles. The first-order valence-electron chi connectivity index (χ1n) is 5.29. The summed E-state index contributed by atoms with van der Waals surface area (Å²) < 4.78 is 23.5. The topological polar surface area (TPSA) is 44.8 Å². The fourth-order valence-electron chi connectivity index (χ4n) is 0.689. The molecule has 0 saturated carbocycles. The van der Waals surface area contributed by atoms with E-state index in [2.05, 4.69) is 0 Å². The maximum atomic E-state index is 12.3. The van der Waals surface area contributed by atoms with Crippen LogP contribution in [0.1, 0.15) is 20.8 Å². The van der Waals surface area contributed by atoms with Crippen molar-refractivity contribution in [1.29, 1.82) is 0 Å². The predicted molar refractivity (Wildman–Crippen MR) is 85.8 cm³/mol. The summed E-state index contributed by atoms with van der Waals surface area (Å²) in [6.45, 7) is 3.41. The van der Waals surface area contributed by atoms with Crippen LogP contribution in [0.25, 0.3) is 0 Å². The normalized spacial score (nSPS) is 14.7. The van der Waals surface area contributed by atoms with Crippen molar-refractivity contribution in [2.24, 2.45) is 0 Å². The Morgan fingerprint density at radius 3 is 1.05 bits per heavy atom. The molecule has 122 valence electrons. The van der Waals surface area contributed by atoms with Crippen molar-refractivity contribution in [1.82, 2.24) is 0 Å². The third-order valence-corrected chi connectivity index (χ3v) is 3.42. The van der Waals surface area contributed by atoms with Crippen molar-refractivity contribution in [3.05, 3.63) is 0 Å². The van der Waals surface area contributed by atoms with E-state index in [1.807, 2.05) is 0 Å². The quantitative estimate of drug-likeness (QED) is 0.346.